The molecule has 1 amide bonds. The molecule has 0 saturated carbocycles. The van der Waals surface area contributed by atoms with Gasteiger partial charge in [0.05, 0.1) is 13.2 Å². The summed E-state index contributed by atoms with van der Waals surface area (Å²) in [5, 5.41) is 54.4. The molecule has 0 radical (unpaired) electrons. The van der Waals surface area contributed by atoms with Crippen molar-refractivity contribution in [3.05, 3.63) is 59.7 Å². The number of rotatable bonds is 11. The van der Waals surface area contributed by atoms with E-state index in [1.807, 2.05) is 48.5 Å². The molecule has 4 unspecified atom stereocenters. The maximum absolute atomic E-state index is 12.5. The summed E-state index contributed by atoms with van der Waals surface area (Å²) in [5.74, 6) is -3.35. The number of amides is 1. The number of carboxylic acids is 1. The summed E-state index contributed by atoms with van der Waals surface area (Å²) in [6, 6.07) is 14.7. The van der Waals surface area contributed by atoms with Gasteiger partial charge in [-0.3, -0.25) is 0 Å². The number of carboxylic acid groups (broad SMARTS) is 1. The third-order valence-corrected chi connectivity index (χ3v) is 7.09. The Kier molecular flexibility index (Phi) is 8.98. The van der Waals surface area contributed by atoms with Crippen LogP contribution in [0.5, 0.6) is 0 Å². The number of aliphatic hydroxyl groups excluding tert-OH is 3. The number of nitrogens with one attached hydrogen (secondary N) is 2. The standard InChI is InChI=1S/C27H34N2O9/c30-22-14-38-27(36,24(32)23(22)31)15-28-12-6-5-11-21(25(33)34)29-26(35)37-13-20-18-9-3-1-7-16(18)17-8-2-4-10-19(17)20/h1-4,7-10,20-24,28,30-32,36H,5-6,11-15H2,(H,29,35)(H,33,34)/t21-,22?,23?,24?,27?/m0/s1. The van der Waals surface area contributed by atoms with E-state index >= 15 is 0 Å². The van der Waals surface area contributed by atoms with Crippen LogP contribution in [0.15, 0.2) is 48.5 Å². The fourth-order valence-electron chi connectivity index (χ4n) is 4.95. The Bertz CT molecular complexity index is 1080. The summed E-state index contributed by atoms with van der Waals surface area (Å²) in [4.78, 5) is 24.1. The predicted octanol–water partition coefficient (Wildman–Crippen LogP) is 0.540. The fourth-order valence-corrected chi connectivity index (χ4v) is 4.95. The minimum absolute atomic E-state index is 0.0820. The highest BCUT2D eigenvalue weighted by atomic mass is 16.6. The number of carbonyl (C=O) groups is 2. The quantitative estimate of drug-likeness (QED) is 0.203. The summed E-state index contributed by atoms with van der Waals surface area (Å²) >= 11 is 0. The highest BCUT2D eigenvalue weighted by molar-refractivity contribution is 5.81. The van der Waals surface area contributed by atoms with Crippen LogP contribution in [-0.4, -0.2) is 94.0 Å². The average molecular weight is 531 g/mol. The van der Waals surface area contributed by atoms with Crippen molar-refractivity contribution in [1.82, 2.24) is 10.6 Å². The number of ether oxygens (including phenoxy) is 2. The van der Waals surface area contributed by atoms with Gasteiger partial charge in [0.1, 0.15) is 31.0 Å². The van der Waals surface area contributed by atoms with Crippen molar-refractivity contribution in [2.45, 2.75) is 55.3 Å². The molecule has 1 aliphatic heterocycles. The lowest BCUT2D eigenvalue weighted by Crippen LogP contribution is -2.64. The van der Waals surface area contributed by atoms with Gasteiger partial charge >= 0.3 is 12.1 Å². The normalized spacial score (nSPS) is 25.3. The van der Waals surface area contributed by atoms with Crippen molar-refractivity contribution < 1.29 is 44.6 Å². The number of alkyl carbamates (subject to hydrolysis) is 1. The molecule has 1 fully saturated rings. The average Bonchev–Trinajstić information content (AvgIpc) is 3.23. The van der Waals surface area contributed by atoms with E-state index in [0.717, 1.165) is 22.3 Å². The van der Waals surface area contributed by atoms with E-state index in [9.17, 15) is 35.1 Å². The van der Waals surface area contributed by atoms with Crippen LogP contribution >= 0.6 is 0 Å². The molecular weight excluding hydrogens is 496 g/mol. The minimum atomic E-state index is -2.05. The molecule has 2 aliphatic rings. The third-order valence-electron chi connectivity index (χ3n) is 7.09. The first-order valence-corrected chi connectivity index (χ1v) is 12.7. The lowest BCUT2D eigenvalue weighted by atomic mass is 9.97. The minimum Gasteiger partial charge on any atom is -0.480 e. The third kappa shape index (κ3) is 6.15. The lowest BCUT2D eigenvalue weighted by molar-refractivity contribution is -0.317. The molecule has 4 rings (SSSR count). The van der Waals surface area contributed by atoms with Gasteiger partial charge in [-0.25, -0.2) is 9.59 Å². The molecular formula is C27H34N2O9. The van der Waals surface area contributed by atoms with Crippen molar-refractivity contribution in [3.63, 3.8) is 0 Å². The Morgan fingerprint density at radius 2 is 1.66 bits per heavy atom. The zero-order valence-electron chi connectivity index (χ0n) is 20.8. The summed E-state index contributed by atoms with van der Waals surface area (Å²) in [6.45, 7) is -0.0798. The SMILES string of the molecule is O=C(N[C@@H](CCCCNCC1(O)OCC(O)C(O)C1O)C(=O)O)OCC1c2ccccc2-c2ccccc21. The number of hydrogen-bond acceptors (Lipinski definition) is 9. The molecule has 7 N–H and O–H groups in total. The van der Waals surface area contributed by atoms with E-state index in [0.29, 0.717) is 19.4 Å². The van der Waals surface area contributed by atoms with Crippen LogP contribution in [0, 0.1) is 0 Å². The number of benzene rings is 2. The molecule has 11 nitrogen and oxygen atoms in total. The largest absolute Gasteiger partial charge is 0.480 e. The van der Waals surface area contributed by atoms with E-state index in [-0.39, 0.29) is 32.1 Å². The smallest absolute Gasteiger partial charge is 0.407 e. The van der Waals surface area contributed by atoms with Gasteiger partial charge in [0.25, 0.3) is 0 Å². The van der Waals surface area contributed by atoms with Crippen molar-refractivity contribution >= 4 is 12.1 Å². The second-order valence-electron chi connectivity index (χ2n) is 9.69. The number of aliphatic hydroxyl groups is 4. The van der Waals surface area contributed by atoms with E-state index in [4.69, 9.17) is 9.47 Å². The summed E-state index contributed by atoms with van der Waals surface area (Å²) in [5.41, 5.74) is 4.31. The molecule has 0 spiro atoms. The molecule has 1 saturated heterocycles. The van der Waals surface area contributed by atoms with Crippen molar-refractivity contribution in [3.8, 4) is 11.1 Å². The topological polar surface area (TPSA) is 178 Å². The van der Waals surface area contributed by atoms with Crippen LogP contribution in [0.2, 0.25) is 0 Å². The molecule has 38 heavy (non-hydrogen) atoms. The molecule has 2 aromatic rings. The van der Waals surface area contributed by atoms with E-state index < -0.39 is 42.2 Å². The number of aliphatic carboxylic acids is 1. The van der Waals surface area contributed by atoms with Gasteiger partial charge in [-0.15, -0.1) is 0 Å². The Morgan fingerprint density at radius 1 is 1.03 bits per heavy atom. The van der Waals surface area contributed by atoms with E-state index in [1.54, 1.807) is 0 Å². The van der Waals surface area contributed by atoms with Gasteiger partial charge in [0.15, 0.2) is 0 Å². The highest BCUT2D eigenvalue weighted by Gasteiger charge is 2.48. The van der Waals surface area contributed by atoms with Crippen LogP contribution < -0.4 is 10.6 Å². The first kappa shape index (κ1) is 28.0. The van der Waals surface area contributed by atoms with Gasteiger partial charge in [0, 0.05) is 5.92 Å². The maximum Gasteiger partial charge on any atom is 0.407 e. The van der Waals surface area contributed by atoms with Crippen molar-refractivity contribution in [2.75, 3.05) is 26.3 Å². The van der Waals surface area contributed by atoms with Gasteiger partial charge < -0.3 is 45.6 Å². The highest BCUT2D eigenvalue weighted by Crippen LogP contribution is 2.44. The predicted molar refractivity (Wildman–Crippen MR) is 135 cm³/mol. The maximum atomic E-state index is 12.5. The Morgan fingerprint density at radius 3 is 2.29 bits per heavy atom. The van der Waals surface area contributed by atoms with Crippen LogP contribution in [0.1, 0.15) is 36.3 Å². The molecule has 2 aromatic carbocycles. The Balaban J connectivity index is 1.20. The van der Waals surface area contributed by atoms with Gasteiger partial charge in [-0.2, -0.15) is 0 Å². The number of fused-ring (bicyclic) bond motifs is 3. The molecule has 1 heterocycles. The first-order valence-electron chi connectivity index (χ1n) is 12.7. The van der Waals surface area contributed by atoms with Gasteiger partial charge in [-0.1, -0.05) is 48.5 Å². The summed E-state index contributed by atoms with van der Waals surface area (Å²) in [6.07, 6.45) is -4.20. The molecule has 5 atom stereocenters. The molecule has 206 valence electrons. The summed E-state index contributed by atoms with van der Waals surface area (Å²) in [7, 11) is 0. The second kappa shape index (κ2) is 12.2. The zero-order chi connectivity index (χ0) is 27.3. The van der Waals surface area contributed by atoms with Crippen LogP contribution in [-0.2, 0) is 14.3 Å². The van der Waals surface area contributed by atoms with Crippen LogP contribution in [0.4, 0.5) is 4.79 Å². The summed E-state index contributed by atoms with van der Waals surface area (Å²) < 4.78 is 10.5. The van der Waals surface area contributed by atoms with Crippen LogP contribution in [0.25, 0.3) is 11.1 Å². The molecule has 11 heteroatoms. The van der Waals surface area contributed by atoms with Crippen LogP contribution in [0.3, 0.4) is 0 Å². The fraction of sp³-hybridized carbons (Fsp3) is 0.481. The van der Waals surface area contributed by atoms with Crippen molar-refractivity contribution in [1.29, 1.82) is 0 Å². The van der Waals surface area contributed by atoms with Gasteiger partial charge in [-0.05, 0) is 48.1 Å². The molecule has 1 aliphatic carbocycles. The first-order chi connectivity index (χ1) is 18.2. The molecule has 0 aromatic heterocycles. The monoisotopic (exact) mass is 530 g/mol. The zero-order valence-corrected chi connectivity index (χ0v) is 20.8. The lowest BCUT2D eigenvalue weighted by Gasteiger charge is -2.41. The van der Waals surface area contributed by atoms with E-state index in [2.05, 4.69) is 10.6 Å². The number of carbonyl (C=O) groups excluding carboxylic acids is 1. The second-order valence-corrected chi connectivity index (χ2v) is 9.69. The number of unbranched alkanes of at least 4 members (excludes halogenated alkanes) is 1. The van der Waals surface area contributed by atoms with Crippen molar-refractivity contribution in [2.24, 2.45) is 0 Å². The Labute approximate surface area is 220 Å². The van der Waals surface area contributed by atoms with Gasteiger partial charge in [0.2, 0.25) is 5.79 Å². The molecule has 0 bridgehead atoms. The van der Waals surface area contributed by atoms with E-state index in [1.165, 1.54) is 0 Å². The number of hydrogen-bond donors (Lipinski definition) is 7. The Hall–Kier alpha value is -3.06.